The summed E-state index contributed by atoms with van der Waals surface area (Å²) in [5, 5.41) is 0. The molecule has 0 amide bonds. The van der Waals surface area contributed by atoms with Crippen LogP contribution in [0.1, 0.15) is 98.3 Å². The first-order chi connectivity index (χ1) is 13.2. The van der Waals surface area contributed by atoms with Gasteiger partial charge in [0.25, 0.3) is 0 Å². The molecule has 0 N–H and O–H groups in total. The maximum absolute atomic E-state index is 12.2. The van der Waals surface area contributed by atoms with E-state index in [9.17, 15) is 9.59 Å². The summed E-state index contributed by atoms with van der Waals surface area (Å²) in [6.07, 6.45) is 12.9. The van der Waals surface area contributed by atoms with Gasteiger partial charge in [-0.05, 0) is 37.0 Å². The Morgan fingerprint density at radius 2 is 1.52 bits per heavy atom. The molecule has 4 nitrogen and oxygen atoms in total. The SMILES string of the molecule is CCCCCCCOC(=O)c1cccc(C(=O)OCCC2CCCCC2)c1. The van der Waals surface area contributed by atoms with E-state index in [-0.39, 0.29) is 11.9 Å². The number of hydrogen-bond donors (Lipinski definition) is 0. The molecular weight excluding hydrogens is 340 g/mol. The Morgan fingerprint density at radius 3 is 2.19 bits per heavy atom. The monoisotopic (exact) mass is 374 g/mol. The molecule has 150 valence electrons. The molecule has 1 saturated carbocycles. The summed E-state index contributed by atoms with van der Waals surface area (Å²) in [6.45, 7) is 3.06. The first-order valence-electron chi connectivity index (χ1n) is 10.6. The van der Waals surface area contributed by atoms with Gasteiger partial charge in [0, 0.05) is 0 Å². The second kappa shape index (κ2) is 12.5. The van der Waals surface area contributed by atoms with Crippen molar-refractivity contribution in [1.82, 2.24) is 0 Å². The normalized spacial score (nSPS) is 14.7. The average molecular weight is 375 g/mol. The summed E-state index contributed by atoms with van der Waals surface area (Å²) >= 11 is 0. The molecule has 2 rings (SSSR count). The van der Waals surface area contributed by atoms with Crippen LogP contribution in [0.5, 0.6) is 0 Å². The van der Waals surface area contributed by atoms with E-state index in [2.05, 4.69) is 6.92 Å². The second-order valence-corrected chi connectivity index (χ2v) is 7.56. The molecule has 1 aromatic carbocycles. The standard InChI is InChI=1S/C23H34O4/c1-2-3-4-5-9-16-26-22(24)20-13-10-14-21(18-20)23(25)27-17-15-19-11-7-6-8-12-19/h10,13-14,18-19H,2-9,11-12,15-17H2,1H3. The highest BCUT2D eigenvalue weighted by molar-refractivity contribution is 5.95. The van der Waals surface area contributed by atoms with Crippen LogP contribution in [0.4, 0.5) is 0 Å². The second-order valence-electron chi connectivity index (χ2n) is 7.56. The lowest BCUT2D eigenvalue weighted by molar-refractivity contribution is 0.0474. The van der Waals surface area contributed by atoms with E-state index in [0.717, 1.165) is 19.3 Å². The Kier molecular flexibility index (Phi) is 9.96. The van der Waals surface area contributed by atoms with E-state index in [0.29, 0.717) is 30.3 Å². The maximum Gasteiger partial charge on any atom is 0.338 e. The first-order valence-corrected chi connectivity index (χ1v) is 10.6. The van der Waals surface area contributed by atoms with Crippen molar-refractivity contribution in [2.24, 2.45) is 5.92 Å². The van der Waals surface area contributed by atoms with Crippen LogP contribution in [0.25, 0.3) is 0 Å². The first kappa shape index (κ1) is 21.5. The number of carbonyl (C=O) groups excluding carboxylic acids is 2. The molecule has 27 heavy (non-hydrogen) atoms. The van der Waals surface area contributed by atoms with Crippen LogP contribution in [0.3, 0.4) is 0 Å². The minimum atomic E-state index is -0.373. The molecule has 0 radical (unpaired) electrons. The van der Waals surface area contributed by atoms with Crippen LogP contribution >= 0.6 is 0 Å². The lowest BCUT2D eigenvalue weighted by Crippen LogP contribution is -2.13. The van der Waals surface area contributed by atoms with Crippen LogP contribution in [-0.4, -0.2) is 25.2 Å². The van der Waals surface area contributed by atoms with Gasteiger partial charge < -0.3 is 9.47 Å². The fourth-order valence-corrected chi connectivity index (χ4v) is 3.60. The predicted molar refractivity (Wildman–Crippen MR) is 107 cm³/mol. The number of ether oxygens (including phenoxy) is 2. The Labute approximate surface area is 163 Å². The van der Waals surface area contributed by atoms with Crippen molar-refractivity contribution >= 4 is 11.9 Å². The van der Waals surface area contributed by atoms with Crippen molar-refractivity contribution in [3.8, 4) is 0 Å². The third-order valence-electron chi connectivity index (χ3n) is 5.30. The molecule has 0 heterocycles. The minimum Gasteiger partial charge on any atom is -0.462 e. The van der Waals surface area contributed by atoms with Gasteiger partial charge in [0.1, 0.15) is 0 Å². The minimum absolute atomic E-state index is 0.361. The maximum atomic E-state index is 12.2. The van der Waals surface area contributed by atoms with Gasteiger partial charge in [-0.2, -0.15) is 0 Å². The summed E-state index contributed by atoms with van der Waals surface area (Å²) in [5.74, 6) is -0.0486. The van der Waals surface area contributed by atoms with E-state index < -0.39 is 0 Å². The number of benzene rings is 1. The third kappa shape index (κ3) is 8.15. The van der Waals surface area contributed by atoms with Crippen LogP contribution in [-0.2, 0) is 9.47 Å². The molecule has 0 aliphatic heterocycles. The lowest BCUT2D eigenvalue weighted by Gasteiger charge is -2.21. The highest BCUT2D eigenvalue weighted by Gasteiger charge is 2.16. The Bertz CT molecular complexity index is 575. The summed E-state index contributed by atoms with van der Waals surface area (Å²) in [4.78, 5) is 24.4. The molecule has 1 fully saturated rings. The van der Waals surface area contributed by atoms with Crippen LogP contribution in [0.2, 0.25) is 0 Å². The van der Waals surface area contributed by atoms with E-state index in [4.69, 9.17) is 9.47 Å². The van der Waals surface area contributed by atoms with Crippen molar-refractivity contribution in [1.29, 1.82) is 0 Å². The van der Waals surface area contributed by atoms with Gasteiger partial charge >= 0.3 is 11.9 Å². The number of carbonyl (C=O) groups is 2. The summed E-state index contributed by atoms with van der Waals surface area (Å²) in [5.41, 5.74) is 0.821. The van der Waals surface area contributed by atoms with Crippen LogP contribution in [0.15, 0.2) is 24.3 Å². The molecule has 1 aliphatic carbocycles. The molecule has 0 atom stereocenters. The lowest BCUT2D eigenvalue weighted by atomic mass is 9.87. The van der Waals surface area contributed by atoms with E-state index >= 15 is 0 Å². The quantitative estimate of drug-likeness (QED) is 0.355. The molecular formula is C23H34O4. The predicted octanol–water partition coefficient (Wildman–Crippen LogP) is 5.94. The Morgan fingerprint density at radius 1 is 0.889 bits per heavy atom. The summed E-state index contributed by atoms with van der Waals surface area (Å²) < 4.78 is 10.7. The van der Waals surface area contributed by atoms with Gasteiger partial charge in [-0.1, -0.05) is 70.8 Å². The highest BCUT2D eigenvalue weighted by atomic mass is 16.5. The van der Waals surface area contributed by atoms with Crippen molar-refractivity contribution in [2.45, 2.75) is 77.6 Å². The third-order valence-corrected chi connectivity index (χ3v) is 5.30. The number of esters is 2. The number of unbranched alkanes of at least 4 members (excludes halogenated alkanes) is 4. The van der Waals surface area contributed by atoms with E-state index in [1.54, 1.807) is 24.3 Å². The fourth-order valence-electron chi connectivity index (χ4n) is 3.60. The smallest absolute Gasteiger partial charge is 0.338 e. The molecule has 1 aliphatic rings. The number of hydrogen-bond acceptors (Lipinski definition) is 4. The highest BCUT2D eigenvalue weighted by Crippen LogP contribution is 2.26. The summed E-state index contributed by atoms with van der Waals surface area (Å²) in [6, 6.07) is 6.64. The Hall–Kier alpha value is -1.84. The Balaban J connectivity index is 1.72. The van der Waals surface area contributed by atoms with Crippen LogP contribution in [0, 0.1) is 5.92 Å². The van der Waals surface area contributed by atoms with Gasteiger partial charge in [0.05, 0.1) is 24.3 Å². The molecule has 0 unspecified atom stereocenters. The average Bonchev–Trinajstić information content (AvgIpc) is 2.71. The number of rotatable bonds is 11. The van der Waals surface area contributed by atoms with Crippen molar-refractivity contribution < 1.29 is 19.1 Å². The van der Waals surface area contributed by atoms with Gasteiger partial charge in [0.2, 0.25) is 0 Å². The molecule has 0 spiro atoms. The van der Waals surface area contributed by atoms with Crippen LogP contribution < -0.4 is 0 Å². The van der Waals surface area contributed by atoms with E-state index in [1.807, 2.05) is 0 Å². The molecule has 4 heteroatoms. The van der Waals surface area contributed by atoms with Gasteiger partial charge in [-0.25, -0.2) is 9.59 Å². The molecule has 0 bridgehead atoms. The fraction of sp³-hybridized carbons (Fsp3) is 0.652. The topological polar surface area (TPSA) is 52.6 Å². The largest absolute Gasteiger partial charge is 0.462 e. The molecule has 0 aromatic heterocycles. The van der Waals surface area contributed by atoms with Gasteiger partial charge in [-0.3, -0.25) is 0 Å². The van der Waals surface area contributed by atoms with E-state index in [1.165, 1.54) is 51.4 Å². The van der Waals surface area contributed by atoms with Gasteiger partial charge in [-0.15, -0.1) is 0 Å². The summed E-state index contributed by atoms with van der Waals surface area (Å²) in [7, 11) is 0. The zero-order valence-electron chi connectivity index (χ0n) is 16.7. The van der Waals surface area contributed by atoms with Crippen molar-refractivity contribution in [2.75, 3.05) is 13.2 Å². The van der Waals surface area contributed by atoms with Crippen molar-refractivity contribution in [3.63, 3.8) is 0 Å². The zero-order valence-corrected chi connectivity index (χ0v) is 16.7. The van der Waals surface area contributed by atoms with Crippen molar-refractivity contribution in [3.05, 3.63) is 35.4 Å². The zero-order chi connectivity index (χ0) is 19.3. The van der Waals surface area contributed by atoms with Gasteiger partial charge in [0.15, 0.2) is 0 Å². The molecule has 0 saturated heterocycles. The molecule has 1 aromatic rings.